The SMILES string of the molecule is Cc1ccc(NC(=O)C2C3CC2CN(c2ncccn2)C3)cc1-c1ccccn1. The summed E-state index contributed by atoms with van der Waals surface area (Å²) in [6.07, 6.45) is 6.43. The summed E-state index contributed by atoms with van der Waals surface area (Å²) in [5, 5.41) is 3.15. The van der Waals surface area contributed by atoms with Gasteiger partial charge in [-0.2, -0.15) is 0 Å². The van der Waals surface area contributed by atoms with Gasteiger partial charge in [0.1, 0.15) is 0 Å². The lowest BCUT2D eigenvalue weighted by atomic mass is 9.61. The van der Waals surface area contributed by atoms with Crippen LogP contribution in [0.1, 0.15) is 12.0 Å². The first kappa shape index (κ1) is 17.8. The van der Waals surface area contributed by atoms with E-state index in [0.717, 1.165) is 48.0 Å². The molecule has 2 aromatic heterocycles. The molecule has 1 aromatic carbocycles. The third kappa shape index (κ3) is 3.35. The summed E-state index contributed by atoms with van der Waals surface area (Å²) < 4.78 is 0. The Morgan fingerprint density at radius 2 is 1.76 bits per heavy atom. The Hall–Kier alpha value is -3.28. The highest BCUT2D eigenvalue weighted by Crippen LogP contribution is 2.46. The third-order valence-electron chi connectivity index (χ3n) is 6.11. The Labute approximate surface area is 170 Å². The maximum Gasteiger partial charge on any atom is 0.228 e. The maximum atomic E-state index is 13.0. The fraction of sp³-hybridized carbons (Fsp3) is 0.304. The van der Waals surface area contributed by atoms with Gasteiger partial charge in [0.05, 0.1) is 5.69 Å². The molecule has 6 nitrogen and oxygen atoms in total. The van der Waals surface area contributed by atoms with Gasteiger partial charge in [0, 0.05) is 48.8 Å². The number of hydrogen-bond donors (Lipinski definition) is 1. The van der Waals surface area contributed by atoms with Crippen molar-refractivity contribution < 1.29 is 4.79 Å². The highest BCUT2D eigenvalue weighted by Gasteiger charge is 2.50. The van der Waals surface area contributed by atoms with Crippen molar-refractivity contribution in [3.63, 3.8) is 0 Å². The van der Waals surface area contributed by atoms with Crippen LogP contribution in [-0.4, -0.2) is 33.9 Å². The van der Waals surface area contributed by atoms with E-state index >= 15 is 0 Å². The van der Waals surface area contributed by atoms with Crippen molar-refractivity contribution in [1.29, 1.82) is 0 Å². The fourth-order valence-electron chi connectivity index (χ4n) is 4.66. The molecule has 2 atom stereocenters. The summed E-state index contributed by atoms with van der Waals surface area (Å²) in [4.78, 5) is 28.4. The van der Waals surface area contributed by atoms with Gasteiger partial charge in [-0.05, 0) is 61.1 Å². The molecule has 146 valence electrons. The highest BCUT2D eigenvalue weighted by molar-refractivity contribution is 5.94. The Morgan fingerprint density at radius 1 is 1.00 bits per heavy atom. The van der Waals surface area contributed by atoms with Crippen molar-refractivity contribution in [3.05, 3.63) is 66.6 Å². The Bertz CT molecular complexity index is 1010. The summed E-state index contributed by atoms with van der Waals surface area (Å²) in [5.41, 5.74) is 3.93. The first-order valence-corrected chi connectivity index (χ1v) is 10.0. The maximum absolute atomic E-state index is 13.0. The van der Waals surface area contributed by atoms with Crippen LogP contribution in [0.5, 0.6) is 0 Å². The van der Waals surface area contributed by atoms with Crippen LogP contribution in [0.4, 0.5) is 11.6 Å². The number of fused-ring (bicyclic) bond motifs is 2. The number of piperidine rings is 2. The molecule has 2 bridgehead atoms. The van der Waals surface area contributed by atoms with Gasteiger partial charge in [0.25, 0.3) is 0 Å². The molecule has 0 radical (unpaired) electrons. The van der Waals surface area contributed by atoms with E-state index in [9.17, 15) is 4.79 Å². The summed E-state index contributed by atoms with van der Waals surface area (Å²) in [6.45, 7) is 3.74. The van der Waals surface area contributed by atoms with Gasteiger partial charge in [-0.1, -0.05) is 12.1 Å². The predicted octanol–water partition coefficient (Wildman–Crippen LogP) is 3.56. The van der Waals surface area contributed by atoms with Gasteiger partial charge in [0.15, 0.2) is 0 Å². The van der Waals surface area contributed by atoms with E-state index in [2.05, 4.69) is 32.1 Å². The second-order valence-electron chi connectivity index (χ2n) is 7.97. The zero-order valence-electron chi connectivity index (χ0n) is 16.3. The van der Waals surface area contributed by atoms with E-state index in [1.807, 2.05) is 42.5 Å². The molecule has 2 saturated heterocycles. The van der Waals surface area contributed by atoms with E-state index in [4.69, 9.17) is 0 Å². The molecule has 1 N–H and O–H groups in total. The lowest BCUT2D eigenvalue weighted by Gasteiger charge is -2.52. The summed E-state index contributed by atoms with van der Waals surface area (Å²) in [7, 11) is 0. The van der Waals surface area contributed by atoms with Crippen LogP contribution in [0.15, 0.2) is 61.1 Å². The predicted molar refractivity (Wildman–Crippen MR) is 112 cm³/mol. The van der Waals surface area contributed by atoms with Crippen LogP contribution >= 0.6 is 0 Å². The Balaban J connectivity index is 1.29. The Morgan fingerprint density at radius 3 is 2.48 bits per heavy atom. The van der Waals surface area contributed by atoms with Crippen LogP contribution in [0.2, 0.25) is 0 Å². The molecule has 4 heterocycles. The van der Waals surface area contributed by atoms with E-state index in [-0.39, 0.29) is 11.8 Å². The average Bonchev–Trinajstić information content (AvgIpc) is 2.76. The van der Waals surface area contributed by atoms with Crippen LogP contribution < -0.4 is 10.2 Å². The molecule has 3 fully saturated rings. The zero-order valence-corrected chi connectivity index (χ0v) is 16.3. The van der Waals surface area contributed by atoms with E-state index in [1.165, 1.54) is 0 Å². The molecule has 6 heteroatoms. The number of pyridine rings is 1. The number of nitrogens with one attached hydrogen (secondary N) is 1. The van der Waals surface area contributed by atoms with E-state index < -0.39 is 0 Å². The quantitative estimate of drug-likeness (QED) is 0.744. The highest BCUT2D eigenvalue weighted by atomic mass is 16.2. The van der Waals surface area contributed by atoms with Crippen LogP contribution in [0.3, 0.4) is 0 Å². The number of carbonyl (C=O) groups is 1. The van der Waals surface area contributed by atoms with Gasteiger partial charge in [-0.25, -0.2) is 9.97 Å². The summed E-state index contributed by atoms with van der Waals surface area (Å²) in [5.74, 6) is 1.67. The van der Waals surface area contributed by atoms with Gasteiger partial charge in [0.2, 0.25) is 11.9 Å². The largest absolute Gasteiger partial charge is 0.340 e. The van der Waals surface area contributed by atoms with Gasteiger partial charge < -0.3 is 10.2 Å². The van der Waals surface area contributed by atoms with Crippen molar-refractivity contribution >= 4 is 17.5 Å². The first-order valence-electron chi connectivity index (χ1n) is 10.0. The average molecular weight is 385 g/mol. The molecule has 2 unspecified atom stereocenters. The fourth-order valence-corrected chi connectivity index (χ4v) is 4.66. The van der Waals surface area contributed by atoms with Crippen molar-refractivity contribution in [1.82, 2.24) is 15.0 Å². The number of aryl methyl sites for hydroxylation is 1. The number of hydrogen-bond acceptors (Lipinski definition) is 5. The molecule has 1 amide bonds. The minimum absolute atomic E-state index is 0.0644. The number of carbonyl (C=O) groups excluding carboxylic acids is 1. The number of anilines is 2. The molecule has 0 spiro atoms. The van der Waals surface area contributed by atoms with Crippen molar-refractivity contribution in [2.45, 2.75) is 13.3 Å². The lowest BCUT2D eigenvalue weighted by molar-refractivity contribution is -0.130. The number of benzene rings is 1. The number of rotatable bonds is 4. The molecule has 29 heavy (non-hydrogen) atoms. The first-order chi connectivity index (χ1) is 14.2. The topological polar surface area (TPSA) is 71.0 Å². The molecule has 3 aromatic rings. The second-order valence-corrected chi connectivity index (χ2v) is 7.97. The summed E-state index contributed by atoms with van der Waals surface area (Å²) >= 11 is 0. The Kier molecular flexibility index (Phi) is 4.46. The van der Waals surface area contributed by atoms with Crippen LogP contribution in [0.25, 0.3) is 11.3 Å². The van der Waals surface area contributed by atoms with Crippen LogP contribution in [-0.2, 0) is 4.79 Å². The van der Waals surface area contributed by atoms with Gasteiger partial charge in [-0.15, -0.1) is 0 Å². The molecule has 2 aliphatic heterocycles. The number of aromatic nitrogens is 3. The zero-order chi connectivity index (χ0) is 19.8. The second kappa shape index (κ2) is 7.28. The number of nitrogens with zero attached hydrogens (tertiary/aromatic N) is 4. The van der Waals surface area contributed by atoms with Crippen LogP contribution in [0, 0.1) is 24.7 Å². The molecule has 6 rings (SSSR count). The van der Waals surface area contributed by atoms with E-state index in [1.54, 1.807) is 18.6 Å². The lowest BCUT2D eigenvalue weighted by Crippen LogP contribution is -2.59. The van der Waals surface area contributed by atoms with Crippen molar-refractivity contribution in [3.8, 4) is 11.3 Å². The standard InChI is InChI=1S/C23H23N5O/c1-15-6-7-18(12-19(15)20-5-2-3-8-24-20)27-22(29)21-16-11-17(21)14-28(13-16)23-25-9-4-10-26-23/h2-10,12,16-17,21H,11,13-14H2,1H3,(H,27,29). The molecular weight excluding hydrogens is 362 g/mol. The number of amides is 1. The van der Waals surface area contributed by atoms with Gasteiger partial charge >= 0.3 is 0 Å². The molecule has 1 saturated carbocycles. The normalized spacial score (nSPS) is 22.7. The minimum atomic E-state index is 0.0644. The smallest absolute Gasteiger partial charge is 0.228 e. The third-order valence-corrected chi connectivity index (χ3v) is 6.11. The molecule has 1 aliphatic carbocycles. The van der Waals surface area contributed by atoms with E-state index in [0.29, 0.717) is 11.8 Å². The molecular formula is C23H23N5O. The minimum Gasteiger partial charge on any atom is -0.340 e. The monoisotopic (exact) mass is 385 g/mol. The van der Waals surface area contributed by atoms with Crippen molar-refractivity contribution in [2.75, 3.05) is 23.3 Å². The van der Waals surface area contributed by atoms with Gasteiger partial charge in [-0.3, -0.25) is 9.78 Å². The molecule has 3 aliphatic rings. The summed E-state index contributed by atoms with van der Waals surface area (Å²) in [6, 6.07) is 13.7. The van der Waals surface area contributed by atoms with Crippen molar-refractivity contribution in [2.24, 2.45) is 17.8 Å².